The minimum atomic E-state index is -0.120. The molecule has 3 heterocycles. The van der Waals surface area contributed by atoms with E-state index >= 15 is 0 Å². The quantitative estimate of drug-likeness (QED) is 0.912. The van der Waals surface area contributed by atoms with Crippen LogP contribution in [0.1, 0.15) is 25.3 Å². The molecule has 116 valence electrons. The third kappa shape index (κ3) is 3.40. The number of hydrogen-bond acceptors (Lipinski definition) is 5. The highest BCUT2D eigenvalue weighted by Gasteiger charge is 2.35. The Labute approximate surface area is 133 Å². The number of rotatable bonds is 4. The minimum Gasteiger partial charge on any atom is -0.368 e. The van der Waals surface area contributed by atoms with Crippen LogP contribution < -0.4 is 5.32 Å². The summed E-state index contributed by atoms with van der Waals surface area (Å²) in [5.41, 5.74) is 0. The monoisotopic (exact) mass is 327 g/mol. The van der Waals surface area contributed by atoms with Crippen molar-refractivity contribution in [3.63, 3.8) is 0 Å². The third-order valence-corrected chi connectivity index (χ3v) is 6.62. The highest BCUT2D eigenvalue weighted by atomic mass is 32.2. The molecule has 2 aliphatic heterocycles. The summed E-state index contributed by atoms with van der Waals surface area (Å²) >= 11 is 3.63. The SMILES string of the molecule is CCn1ccnc1[C@H]1OCC[C@@H]1NC(=O)[C@@H]1CSCCS1. The molecule has 1 amide bonds. The van der Waals surface area contributed by atoms with Crippen molar-refractivity contribution in [1.82, 2.24) is 14.9 Å². The van der Waals surface area contributed by atoms with E-state index in [2.05, 4.69) is 21.8 Å². The number of thioether (sulfide) groups is 2. The van der Waals surface area contributed by atoms with E-state index in [-0.39, 0.29) is 23.3 Å². The van der Waals surface area contributed by atoms with E-state index in [1.54, 1.807) is 18.0 Å². The van der Waals surface area contributed by atoms with Crippen LogP contribution in [0, 0.1) is 0 Å². The van der Waals surface area contributed by atoms with Gasteiger partial charge >= 0.3 is 0 Å². The van der Waals surface area contributed by atoms with Crippen LogP contribution in [-0.2, 0) is 16.1 Å². The van der Waals surface area contributed by atoms with Gasteiger partial charge in [0.25, 0.3) is 0 Å². The Hall–Kier alpha value is -0.660. The first-order valence-corrected chi connectivity index (χ1v) is 9.62. The van der Waals surface area contributed by atoms with Crippen LogP contribution in [0.25, 0.3) is 0 Å². The van der Waals surface area contributed by atoms with Gasteiger partial charge in [-0.1, -0.05) is 0 Å². The molecular weight excluding hydrogens is 306 g/mol. The molecule has 0 bridgehead atoms. The van der Waals surface area contributed by atoms with Gasteiger partial charge in [0.05, 0.1) is 11.3 Å². The lowest BCUT2D eigenvalue weighted by molar-refractivity contribution is -0.121. The average molecular weight is 327 g/mol. The van der Waals surface area contributed by atoms with Crippen LogP contribution in [0.4, 0.5) is 0 Å². The first kappa shape index (κ1) is 15.2. The molecule has 0 unspecified atom stereocenters. The standard InChI is InChI=1S/C14H21N3O2S2/c1-2-17-5-4-15-13(17)12-10(3-6-19-12)16-14(18)11-9-20-7-8-21-11/h4-5,10-12H,2-3,6-9H2,1H3,(H,16,18)/t10-,11-,12-/m0/s1. The van der Waals surface area contributed by atoms with Crippen molar-refractivity contribution in [2.45, 2.75) is 37.3 Å². The zero-order valence-electron chi connectivity index (χ0n) is 12.2. The van der Waals surface area contributed by atoms with Crippen molar-refractivity contribution in [2.24, 2.45) is 0 Å². The lowest BCUT2D eigenvalue weighted by atomic mass is 10.1. The summed E-state index contributed by atoms with van der Waals surface area (Å²) in [5, 5.41) is 3.27. The summed E-state index contributed by atoms with van der Waals surface area (Å²) < 4.78 is 7.91. The fourth-order valence-electron chi connectivity index (χ4n) is 2.75. The van der Waals surface area contributed by atoms with E-state index in [1.807, 2.05) is 18.0 Å². The molecule has 0 radical (unpaired) electrons. The largest absolute Gasteiger partial charge is 0.368 e. The van der Waals surface area contributed by atoms with E-state index < -0.39 is 0 Å². The van der Waals surface area contributed by atoms with E-state index in [9.17, 15) is 4.79 Å². The van der Waals surface area contributed by atoms with Crippen molar-refractivity contribution in [1.29, 1.82) is 0 Å². The number of carbonyl (C=O) groups excluding carboxylic acids is 1. The smallest absolute Gasteiger partial charge is 0.234 e. The van der Waals surface area contributed by atoms with Gasteiger partial charge < -0.3 is 14.6 Å². The number of ether oxygens (including phenoxy) is 1. The number of nitrogens with one attached hydrogen (secondary N) is 1. The van der Waals surface area contributed by atoms with Crippen molar-refractivity contribution in [2.75, 3.05) is 23.9 Å². The molecule has 3 atom stereocenters. The first-order valence-electron chi connectivity index (χ1n) is 7.42. The summed E-state index contributed by atoms with van der Waals surface area (Å²) in [7, 11) is 0. The van der Waals surface area contributed by atoms with Crippen LogP contribution in [0.2, 0.25) is 0 Å². The predicted octanol–water partition coefficient (Wildman–Crippen LogP) is 1.70. The predicted molar refractivity (Wildman–Crippen MR) is 86.7 cm³/mol. The number of amides is 1. The van der Waals surface area contributed by atoms with Crippen LogP contribution in [0.15, 0.2) is 12.4 Å². The van der Waals surface area contributed by atoms with Crippen molar-refractivity contribution >= 4 is 29.4 Å². The summed E-state index contributed by atoms with van der Waals surface area (Å²) in [6.45, 7) is 3.63. The Kier molecular flexibility index (Phi) is 5.13. The van der Waals surface area contributed by atoms with Gasteiger partial charge in [-0.05, 0) is 13.3 Å². The normalized spacial score (nSPS) is 29.5. The van der Waals surface area contributed by atoms with Crippen molar-refractivity contribution in [3.8, 4) is 0 Å². The van der Waals surface area contributed by atoms with Gasteiger partial charge in [0, 0.05) is 42.8 Å². The zero-order chi connectivity index (χ0) is 14.7. The summed E-state index contributed by atoms with van der Waals surface area (Å²) in [6.07, 6.45) is 4.50. The molecule has 3 rings (SSSR count). The Morgan fingerprint density at radius 3 is 3.24 bits per heavy atom. The Morgan fingerprint density at radius 1 is 1.57 bits per heavy atom. The number of imidazole rings is 1. The number of carbonyl (C=O) groups is 1. The molecular formula is C14H21N3O2S2. The van der Waals surface area contributed by atoms with Crippen molar-refractivity contribution < 1.29 is 9.53 Å². The van der Waals surface area contributed by atoms with E-state index in [0.717, 1.165) is 36.0 Å². The van der Waals surface area contributed by atoms with Crippen LogP contribution >= 0.6 is 23.5 Å². The van der Waals surface area contributed by atoms with Crippen LogP contribution in [-0.4, -0.2) is 50.6 Å². The maximum Gasteiger partial charge on any atom is 0.234 e. The Bertz CT molecular complexity index is 488. The topological polar surface area (TPSA) is 56.1 Å². The molecule has 2 fully saturated rings. The number of aromatic nitrogens is 2. The second-order valence-electron chi connectivity index (χ2n) is 5.20. The molecule has 5 nitrogen and oxygen atoms in total. The lowest BCUT2D eigenvalue weighted by Crippen LogP contribution is -2.43. The molecule has 7 heteroatoms. The van der Waals surface area contributed by atoms with Crippen LogP contribution in [0.3, 0.4) is 0 Å². The molecule has 1 aromatic heterocycles. The first-order chi connectivity index (χ1) is 10.3. The molecule has 21 heavy (non-hydrogen) atoms. The second-order valence-corrected chi connectivity index (χ2v) is 7.66. The van der Waals surface area contributed by atoms with E-state index in [4.69, 9.17) is 4.74 Å². The van der Waals surface area contributed by atoms with E-state index in [0.29, 0.717) is 6.61 Å². The lowest BCUT2D eigenvalue weighted by Gasteiger charge is -2.25. The van der Waals surface area contributed by atoms with Gasteiger partial charge in [0.15, 0.2) is 0 Å². The summed E-state index contributed by atoms with van der Waals surface area (Å²) in [4.78, 5) is 16.8. The third-order valence-electron chi connectivity index (χ3n) is 3.87. The molecule has 2 saturated heterocycles. The Balaban J connectivity index is 1.65. The summed E-state index contributed by atoms with van der Waals surface area (Å²) in [6, 6.07) is 0.0396. The highest BCUT2D eigenvalue weighted by Crippen LogP contribution is 2.29. The maximum absolute atomic E-state index is 12.4. The Morgan fingerprint density at radius 2 is 2.48 bits per heavy atom. The van der Waals surface area contributed by atoms with Crippen molar-refractivity contribution in [3.05, 3.63) is 18.2 Å². The zero-order valence-corrected chi connectivity index (χ0v) is 13.8. The van der Waals surface area contributed by atoms with E-state index in [1.165, 1.54) is 0 Å². The fourth-order valence-corrected chi connectivity index (χ4v) is 5.32. The molecule has 0 aromatic carbocycles. The minimum absolute atomic E-state index is 0.0396. The maximum atomic E-state index is 12.4. The molecule has 1 aromatic rings. The van der Waals surface area contributed by atoms with Gasteiger partial charge in [0.2, 0.25) is 5.91 Å². The number of nitrogens with zero attached hydrogens (tertiary/aromatic N) is 2. The van der Waals surface area contributed by atoms with Gasteiger partial charge in [-0.25, -0.2) is 4.98 Å². The van der Waals surface area contributed by atoms with Crippen LogP contribution in [0.5, 0.6) is 0 Å². The number of aryl methyl sites for hydroxylation is 1. The average Bonchev–Trinajstić information content (AvgIpc) is 3.16. The molecule has 0 aliphatic carbocycles. The number of hydrogen-bond donors (Lipinski definition) is 1. The van der Waals surface area contributed by atoms with Gasteiger partial charge in [0.1, 0.15) is 11.9 Å². The second kappa shape index (κ2) is 7.07. The molecule has 1 N–H and O–H groups in total. The van der Waals surface area contributed by atoms with Gasteiger partial charge in [-0.3, -0.25) is 4.79 Å². The molecule has 2 aliphatic rings. The van der Waals surface area contributed by atoms with Gasteiger partial charge in [-0.2, -0.15) is 11.8 Å². The fraction of sp³-hybridized carbons (Fsp3) is 0.714. The summed E-state index contributed by atoms with van der Waals surface area (Å²) in [5.74, 6) is 4.21. The van der Waals surface area contributed by atoms with Gasteiger partial charge in [-0.15, -0.1) is 11.8 Å². The molecule has 0 spiro atoms. The highest BCUT2D eigenvalue weighted by molar-refractivity contribution is 8.07. The molecule has 0 saturated carbocycles.